The fourth-order valence-electron chi connectivity index (χ4n) is 2.68. The van der Waals surface area contributed by atoms with Crippen molar-refractivity contribution in [3.63, 3.8) is 0 Å². The second-order valence-electron chi connectivity index (χ2n) is 5.10. The Bertz CT molecular complexity index is 667. The van der Waals surface area contributed by atoms with Gasteiger partial charge in [-0.15, -0.1) is 0 Å². The molecule has 108 valence electrons. The molecule has 0 saturated heterocycles. The number of halogens is 1. The standard InChI is InChI=1S/C17H15FO3/c18-14-8-6-13(12-7-9-15(19)16(12)14)17(20)21-10-11-4-2-1-3-5-11/h1-6,8,15,19H,7,9-10H2/t15-/m0/s1. The zero-order valence-corrected chi connectivity index (χ0v) is 11.4. The van der Waals surface area contributed by atoms with Gasteiger partial charge in [-0.1, -0.05) is 30.3 Å². The number of hydrogen-bond acceptors (Lipinski definition) is 3. The second kappa shape index (κ2) is 5.66. The van der Waals surface area contributed by atoms with Crippen LogP contribution in [0.3, 0.4) is 0 Å². The van der Waals surface area contributed by atoms with E-state index in [1.54, 1.807) is 0 Å². The lowest BCUT2D eigenvalue weighted by Crippen LogP contribution is -2.09. The number of benzene rings is 2. The maximum Gasteiger partial charge on any atom is 0.338 e. The van der Waals surface area contributed by atoms with Gasteiger partial charge in [0.15, 0.2) is 0 Å². The SMILES string of the molecule is O=C(OCc1ccccc1)c1ccc(F)c2c1CC[C@@H]2O. The number of esters is 1. The Morgan fingerprint density at radius 3 is 2.76 bits per heavy atom. The molecule has 1 N–H and O–H groups in total. The summed E-state index contributed by atoms with van der Waals surface area (Å²) in [6, 6.07) is 12.0. The highest BCUT2D eigenvalue weighted by Crippen LogP contribution is 2.35. The van der Waals surface area contributed by atoms with Crippen molar-refractivity contribution in [3.8, 4) is 0 Å². The molecule has 0 aliphatic heterocycles. The van der Waals surface area contributed by atoms with Crippen molar-refractivity contribution in [2.75, 3.05) is 0 Å². The fourth-order valence-corrected chi connectivity index (χ4v) is 2.68. The van der Waals surface area contributed by atoms with Gasteiger partial charge in [-0.2, -0.15) is 0 Å². The summed E-state index contributed by atoms with van der Waals surface area (Å²) >= 11 is 0. The van der Waals surface area contributed by atoms with E-state index in [9.17, 15) is 14.3 Å². The molecule has 1 atom stereocenters. The molecule has 0 heterocycles. The van der Waals surface area contributed by atoms with E-state index < -0.39 is 17.9 Å². The minimum atomic E-state index is -0.832. The molecule has 0 unspecified atom stereocenters. The molecular formula is C17H15FO3. The predicted molar refractivity (Wildman–Crippen MR) is 75.2 cm³/mol. The third-order valence-corrected chi connectivity index (χ3v) is 3.74. The minimum absolute atomic E-state index is 0.175. The molecule has 0 bridgehead atoms. The molecule has 2 aromatic rings. The zero-order chi connectivity index (χ0) is 14.8. The van der Waals surface area contributed by atoms with Crippen LogP contribution in [0.4, 0.5) is 4.39 Å². The Balaban J connectivity index is 1.80. The number of aliphatic hydroxyl groups is 1. The third kappa shape index (κ3) is 2.67. The molecule has 4 heteroatoms. The predicted octanol–water partition coefficient (Wildman–Crippen LogP) is 3.16. The van der Waals surface area contributed by atoms with Gasteiger partial charge in [0.25, 0.3) is 0 Å². The lowest BCUT2D eigenvalue weighted by molar-refractivity contribution is 0.0471. The van der Waals surface area contributed by atoms with Crippen molar-refractivity contribution in [2.24, 2.45) is 0 Å². The van der Waals surface area contributed by atoms with Gasteiger partial charge in [0.1, 0.15) is 12.4 Å². The van der Waals surface area contributed by atoms with E-state index in [1.165, 1.54) is 12.1 Å². The average Bonchev–Trinajstić information content (AvgIpc) is 2.89. The summed E-state index contributed by atoms with van der Waals surface area (Å²) in [5, 5.41) is 9.78. The summed E-state index contributed by atoms with van der Waals surface area (Å²) in [6.07, 6.45) is 0.0982. The number of hydrogen-bond donors (Lipinski definition) is 1. The Morgan fingerprint density at radius 2 is 2.00 bits per heavy atom. The Morgan fingerprint density at radius 1 is 1.24 bits per heavy atom. The molecule has 3 rings (SSSR count). The molecule has 0 radical (unpaired) electrons. The summed E-state index contributed by atoms with van der Waals surface area (Å²) in [5.74, 6) is -0.946. The van der Waals surface area contributed by atoms with Gasteiger partial charge in [0, 0.05) is 5.56 Å². The van der Waals surface area contributed by atoms with E-state index in [2.05, 4.69) is 0 Å². The van der Waals surface area contributed by atoms with E-state index in [-0.39, 0.29) is 12.2 Å². The van der Waals surface area contributed by atoms with E-state index in [0.717, 1.165) is 5.56 Å². The molecule has 2 aromatic carbocycles. The lowest BCUT2D eigenvalue weighted by atomic mass is 10.0. The molecule has 1 aliphatic carbocycles. The number of carbonyl (C=O) groups is 1. The molecule has 0 spiro atoms. The zero-order valence-electron chi connectivity index (χ0n) is 11.4. The van der Waals surface area contributed by atoms with Crippen molar-refractivity contribution in [2.45, 2.75) is 25.6 Å². The number of fused-ring (bicyclic) bond motifs is 1. The molecule has 3 nitrogen and oxygen atoms in total. The molecule has 21 heavy (non-hydrogen) atoms. The second-order valence-corrected chi connectivity index (χ2v) is 5.10. The quantitative estimate of drug-likeness (QED) is 0.882. The first-order valence-electron chi connectivity index (χ1n) is 6.87. The van der Waals surface area contributed by atoms with Crippen LogP contribution in [0.25, 0.3) is 0 Å². The van der Waals surface area contributed by atoms with Crippen LogP contribution in [-0.4, -0.2) is 11.1 Å². The van der Waals surface area contributed by atoms with E-state index in [4.69, 9.17) is 4.74 Å². The van der Waals surface area contributed by atoms with Crippen LogP contribution in [0.1, 0.15) is 39.6 Å². The molecule has 0 saturated carbocycles. The minimum Gasteiger partial charge on any atom is -0.457 e. The maximum absolute atomic E-state index is 13.7. The van der Waals surface area contributed by atoms with Crippen LogP contribution in [0.2, 0.25) is 0 Å². The summed E-state index contributed by atoms with van der Waals surface area (Å²) in [6.45, 7) is 0.175. The van der Waals surface area contributed by atoms with E-state index >= 15 is 0 Å². The highest BCUT2D eigenvalue weighted by Gasteiger charge is 2.29. The van der Waals surface area contributed by atoms with Gasteiger partial charge in [-0.3, -0.25) is 0 Å². The first-order chi connectivity index (χ1) is 10.2. The van der Waals surface area contributed by atoms with E-state index in [0.29, 0.717) is 24.0 Å². The third-order valence-electron chi connectivity index (χ3n) is 3.74. The summed E-state index contributed by atoms with van der Waals surface area (Å²) in [4.78, 5) is 12.2. The molecule has 0 amide bonds. The van der Waals surface area contributed by atoms with Crippen molar-refractivity contribution in [1.82, 2.24) is 0 Å². The lowest BCUT2D eigenvalue weighted by Gasteiger charge is -2.10. The molecule has 0 fully saturated rings. The highest BCUT2D eigenvalue weighted by atomic mass is 19.1. The van der Waals surface area contributed by atoms with Crippen LogP contribution < -0.4 is 0 Å². The van der Waals surface area contributed by atoms with Crippen molar-refractivity contribution in [3.05, 3.63) is 70.5 Å². The van der Waals surface area contributed by atoms with Crippen LogP contribution in [0.15, 0.2) is 42.5 Å². The smallest absolute Gasteiger partial charge is 0.338 e. The van der Waals surface area contributed by atoms with Crippen molar-refractivity contribution < 1.29 is 19.0 Å². The molecule has 0 aromatic heterocycles. The number of carbonyl (C=O) groups excluding carboxylic acids is 1. The van der Waals surface area contributed by atoms with Gasteiger partial charge in [-0.25, -0.2) is 9.18 Å². The normalized spacial score (nSPS) is 16.6. The summed E-state index contributed by atoms with van der Waals surface area (Å²) < 4.78 is 19.0. The van der Waals surface area contributed by atoms with Gasteiger partial charge in [-0.05, 0) is 36.1 Å². The van der Waals surface area contributed by atoms with Crippen LogP contribution >= 0.6 is 0 Å². The maximum atomic E-state index is 13.7. The summed E-state index contributed by atoms with van der Waals surface area (Å²) in [5.41, 5.74) is 2.05. The van der Waals surface area contributed by atoms with Gasteiger partial charge >= 0.3 is 5.97 Å². The monoisotopic (exact) mass is 286 g/mol. The van der Waals surface area contributed by atoms with Crippen molar-refractivity contribution in [1.29, 1.82) is 0 Å². The van der Waals surface area contributed by atoms with Gasteiger partial charge in [0.05, 0.1) is 11.7 Å². The first kappa shape index (κ1) is 13.8. The number of aliphatic hydroxyl groups excluding tert-OH is 1. The number of rotatable bonds is 3. The van der Waals surface area contributed by atoms with Crippen LogP contribution in [0, 0.1) is 5.82 Å². The number of ether oxygens (including phenoxy) is 1. The van der Waals surface area contributed by atoms with Crippen molar-refractivity contribution >= 4 is 5.97 Å². The van der Waals surface area contributed by atoms with Crippen LogP contribution in [0.5, 0.6) is 0 Å². The Kier molecular flexibility index (Phi) is 3.71. The van der Waals surface area contributed by atoms with Gasteiger partial charge < -0.3 is 9.84 Å². The topological polar surface area (TPSA) is 46.5 Å². The largest absolute Gasteiger partial charge is 0.457 e. The van der Waals surface area contributed by atoms with Crippen LogP contribution in [-0.2, 0) is 17.8 Å². The summed E-state index contributed by atoms with van der Waals surface area (Å²) in [7, 11) is 0. The molecular weight excluding hydrogens is 271 g/mol. The Hall–Kier alpha value is -2.20. The van der Waals surface area contributed by atoms with Gasteiger partial charge in [0.2, 0.25) is 0 Å². The first-order valence-corrected chi connectivity index (χ1v) is 6.87. The fraction of sp³-hybridized carbons (Fsp3) is 0.235. The molecule has 1 aliphatic rings. The Labute approximate surface area is 122 Å². The highest BCUT2D eigenvalue weighted by molar-refractivity contribution is 5.91. The average molecular weight is 286 g/mol. The van der Waals surface area contributed by atoms with E-state index in [1.807, 2.05) is 30.3 Å².